The number of hydrogen-bond acceptors (Lipinski definition) is 2. The lowest BCUT2D eigenvalue weighted by Gasteiger charge is -2.26. The molecule has 1 aliphatic heterocycles. The molecular formula is C11H15BrClNO. The summed E-state index contributed by atoms with van der Waals surface area (Å²) >= 11 is 3.44. The van der Waals surface area contributed by atoms with Crippen LogP contribution < -0.4 is 0 Å². The summed E-state index contributed by atoms with van der Waals surface area (Å²) in [6, 6.07) is 8.52. The molecule has 0 amide bonds. The zero-order chi connectivity index (χ0) is 9.80. The van der Waals surface area contributed by atoms with E-state index in [9.17, 15) is 0 Å². The molecule has 2 nitrogen and oxygen atoms in total. The highest BCUT2D eigenvalue weighted by molar-refractivity contribution is 9.10. The molecule has 1 aromatic rings. The fourth-order valence-electron chi connectivity index (χ4n) is 1.61. The van der Waals surface area contributed by atoms with Crippen LogP contribution in [0.15, 0.2) is 28.7 Å². The molecule has 0 unspecified atom stereocenters. The molecule has 1 saturated heterocycles. The lowest BCUT2D eigenvalue weighted by molar-refractivity contribution is 0.0342. The van der Waals surface area contributed by atoms with Crippen molar-refractivity contribution in [1.82, 2.24) is 4.90 Å². The molecule has 2 rings (SSSR count). The standard InChI is InChI=1S/C11H14BrNO.ClH/c12-11-3-1-10(2-4-11)9-13-5-7-14-8-6-13;/h1-4H,5-9H2;1H. The van der Waals surface area contributed by atoms with Gasteiger partial charge in [0.05, 0.1) is 13.2 Å². The Hall–Kier alpha value is -0.0900. The summed E-state index contributed by atoms with van der Waals surface area (Å²) in [4.78, 5) is 2.42. The van der Waals surface area contributed by atoms with Gasteiger partial charge in [-0.3, -0.25) is 4.90 Å². The smallest absolute Gasteiger partial charge is 0.0594 e. The Labute approximate surface area is 105 Å². The van der Waals surface area contributed by atoms with Crippen molar-refractivity contribution in [3.05, 3.63) is 34.3 Å². The quantitative estimate of drug-likeness (QED) is 0.831. The van der Waals surface area contributed by atoms with Crippen LogP contribution in [0.1, 0.15) is 5.56 Å². The van der Waals surface area contributed by atoms with Crippen LogP contribution in [0.3, 0.4) is 0 Å². The van der Waals surface area contributed by atoms with Crippen LogP contribution in [0.5, 0.6) is 0 Å². The first-order valence-electron chi connectivity index (χ1n) is 4.89. The highest BCUT2D eigenvalue weighted by Crippen LogP contribution is 2.12. The second-order valence-corrected chi connectivity index (χ2v) is 4.43. The van der Waals surface area contributed by atoms with Crippen molar-refractivity contribution >= 4 is 28.3 Å². The first-order chi connectivity index (χ1) is 6.84. The largest absolute Gasteiger partial charge is 0.379 e. The van der Waals surface area contributed by atoms with E-state index in [-0.39, 0.29) is 12.4 Å². The normalized spacial score (nSPS) is 17.1. The Morgan fingerprint density at radius 2 is 1.73 bits per heavy atom. The van der Waals surface area contributed by atoms with Gasteiger partial charge in [-0.05, 0) is 17.7 Å². The molecule has 0 radical (unpaired) electrons. The second kappa shape index (κ2) is 6.48. The Bertz CT molecular complexity index is 285. The molecule has 0 spiro atoms. The van der Waals surface area contributed by atoms with Gasteiger partial charge in [-0.1, -0.05) is 28.1 Å². The highest BCUT2D eigenvalue weighted by Gasteiger charge is 2.09. The van der Waals surface area contributed by atoms with E-state index < -0.39 is 0 Å². The summed E-state index contributed by atoms with van der Waals surface area (Å²) in [5, 5.41) is 0. The molecule has 0 saturated carbocycles. The first-order valence-corrected chi connectivity index (χ1v) is 5.68. The van der Waals surface area contributed by atoms with E-state index in [1.165, 1.54) is 5.56 Å². The summed E-state index contributed by atoms with van der Waals surface area (Å²) in [5.74, 6) is 0. The van der Waals surface area contributed by atoms with Crippen LogP contribution in [0.4, 0.5) is 0 Å². The lowest BCUT2D eigenvalue weighted by Crippen LogP contribution is -2.35. The zero-order valence-corrected chi connectivity index (χ0v) is 10.9. The van der Waals surface area contributed by atoms with E-state index in [4.69, 9.17) is 4.74 Å². The summed E-state index contributed by atoms with van der Waals surface area (Å²) in [6.07, 6.45) is 0. The lowest BCUT2D eigenvalue weighted by atomic mass is 10.2. The predicted molar refractivity (Wildman–Crippen MR) is 67.5 cm³/mol. The molecule has 1 fully saturated rings. The Balaban J connectivity index is 0.00000112. The van der Waals surface area contributed by atoms with Gasteiger partial charge in [0.25, 0.3) is 0 Å². The van der Waals surface area contributed by atoms with Crippen molar-refractivity contribution in [1.29, 1.82) is 0 Å². The predicted octanol–water partition coefficient (Wildman–Crippen LogP) is 2.70. The third-order valence-electron chi connectivity index (χ3n) is 2.42. The number of nitrogens with zero attached hydrogens (tertiary/aromatic N) is 1. The van der Waals surface area contributed by atoms with E-state index in [0.717, 1.165) is 37.3 Å². The van der Waals surface area contributed by atoms with E-state index in [1.807, 2.05) is 0 Å². The third-order valence-corrected chi connectivity index (χ3v) is 2.95. The van der Waals surface area contributed by atoms with Gasteiger partial charge >= 0.3 is 0 Å². The Morgan fingerprint density at radius 3 is 2.33 bits per heavy atom. The number of rotatable bonds is 2. The van der Waals surface area contributed by atoms with Crippen molar-refractivity contribution in [2.24, 2.45) is 0 Å². The second-order valence-electron chi connectivity index (χ2n) is 3.51. The molecular weight excluding hydrogens is 277 g/mol. The maximum Gasteiger partial charge on any atom is 0.0594 e. The zero-order valence-electron chi connectivity index (χ0n) is 8.49. The molecule has 0 aromatic heterocycles. The van der Waals surface area contributed by atoms with Gasteiger partial charge < -0.3 is 4.74 Å². The Kier molecular flexibility index (Phi) is 5.61. The van der Waals surface area contributed by atoms with Crippen LogP contribution in [0.25, 0.3) is 0 Å². The first kappa shape index (κ1) is 13.0. The monoisotopic (exact) mass is 291 g/mol. The van der Waals surface area contributed by atoms with Gasteiger partial charge in [-0.25, -0.2) is 0 Å². The molecule has 1 heterocycles. The topological polar surface area (TPSA) is 12.5 Å². The minimum atomic E-state index is 0. The number of benzene rings is 1. The van der Waals surface area contributed by atoms with Gasteiger partial charge in [-0.15, -0.1) is 12.4 Å². The SMILES string of the molecule is Brc1ccc(CN2CCOCC2)cc1.Cl. The fraction of sp³-hybridized carbons (Fsp3) is 0.455. The average molecular weight is 293 g/mol. The fourth-order valence-corrected chi connectivity index (χ4v) is 1.87. The van der Waals surface area contributed by atoms with Gasteiger partial charge in [0.2, 0.25) is 0 Å². The Morgan fingerprint density at radius 1 is 1.13 bits per heavy atom. The summed E-state index contributed by atoms with van der Waals surface area (Å²) in [5.41, 5.74) is 1.37. The van der Waals surface area contributed by atoms with Crippen LogP contribution in [-0.2, 0) is 11.3 Å². The third kappa shape index (κ3) is 4.11. The van der Waals surface area contributed by atoms with E-state index in [0.29, 0.717) is 0 Å². The van der Waals surface area contributed by atoms with E-state index in [2.05, 4.69) is 45.1 Å². The maximum absolute atomic E-state index is 5.31. The number of ether oxygens (including phenoxy) is 1. The summed E-state index contributed by atoms with van der Waals surface area (Å²) < 4.78 is 6.45. The molecule has 4 heteroatoms. The number of morpholine rings is 1. The van der Waals surface area contributed by atoms with Crippen molar-refractivity contribution < 1.29 is 4.74 Å². The number of halogens is 2. The molecule has 84 valence electrons. The van der Waals surface area contributed by atoms with E-state index in [1.54, 1.807) is 0 Å². The molecule has 15 heavy (non-hydrogen) atoms. The van der Waals surface area contributed by atoms with Crippen LogP contribution in [-0.4, -0.2) is 31.2 Å². The van der Waals surface area contributed by atoms with Crippen LogP contribution in [0.2, 0.25) is 0 Å². The maximum atomic E-state index is 5.31. The molecule has 1 aromatic carbocycles. The van der Waals surface area contributed by atoms with Crippen molar-refractivity contribution in [2.45, 2.75) is 6.54 Å². The van der Waals surface area contributed by atoms with Crippen molar-refractivity contribution in [2.75, 3.05) is 26.3 Å². The molecule has 1 aliphatic rings. The summed E-state index contributed by atoms with van der Waals surface area (Å²) in [7, 11) is 0. The van der Waals surface area contributed by atoms with Crippen LogP contribution in [0, 0.1) is 0 Å². The van der Waals surface area contributed by atoms with E-state index >= 15 is 0 Å². The van der Waals surface area contributed by atoms with Crippen molar-refractivity contribution in [3.8, 4) is 0 Å². The van der Waals surface area contributed by atoms with Crippen molar-refractivity contribution in [3.63, 3.8) is 0 Å². The minimum absolute atomic E-state index is 0. The average Bonchev–Trinajstić information content (AvgIpc) is 2.23. The van der Waals surface area contributed by atoms with Gasteiger partial charge in [0.15, 0.2) is 0 Å². The molecule has 0 aliphatic carbocycles. The van der Waals surface area contributed by atoms with Crippen LogP contribution >= 0.6 is 28.3 Å². The molecule has 0 N–H and O–H groups in total. The molecule has 0 atom stereocenters. The number of hydrogen-bond donors (Lipinski definition) is 0. The van der Waals surface area contributed by atoms with Gasteiger partial charge in [0, 0.05) is 24.1 Å². The molecule has 0 bridgehead atoms. The minimum Gasteiger partial charge on any atom is -0.379 e. The summed E-state index contributed by atoms with van der Waals surface area (Å²) in [6.45, 7) is 4.88. The highest BCUT2D eigenvalue weighted by atomic mass is 79.9. The van der Waals surface area contributed by atoms with Gasteiger partial charge in [-0.2, -0.15) is 0 Å². The van der Waals surface area contributed by atoms with Gasteiger partial charge in [0.1, 0.15) is 0 Å².